The quantitative estimate of drug-likeness (QED) is 0.334. The highest BCUT2D eigenvalue weighted by molar-refractivity contribution is 7.22. The van der Waals surface area contributed by atoms with E-state index in [-0.39, 0.29) is 16.0 Å². The van der Waals surface area contributed by atoms with Crippen LogP contribution in [-0.4, -0.2) is 33.0 Å². The van der Waals surface area contributed by atoms with Crippen molar-refractivity contribution >= 4 is 38.7 Å². The van der Waals surface area contributed by atoms with Gasteiger partial charge >= 0.3 is 6.18 Å². The summed E-state index contributed by atoms with van der Waals surface area (Å²) in [5, 5.41) is 13.0. The van der Waals surface area contributed by atoms with Gasteiger partial charge in [-0.05, 0) is 31.0 Å². The molecule has 0 saturated heterocycles. The molecule has 1 saturated carbocycles. The first-order valence-electron chi connectivity index (χ1n) is 10.2. The van der Waals surface area contributed by atoms with Gasteiger partial charge in [-0.2, -0.15) is 17.7 Å². The van der Waals surface area contributed by atoms with Crippen molar-refractivity contribution in [3.8, 4) is 22.2 Å². The Bertz CT molecular complexity index is 1360. The summed E-state index contributed by atoms with van der Waals surface area (Å²) in [5.41, 5.74) is -0.422. The van der Waals surface area contributed by atoms with Gasteiger partial charge in [0, 0.05) is 15.5 Å². The standard InChI is InChI=1S/C21H16ClF3N4O2S/c22-17-15-16(31-10-20(9-30-15)6-1-2-7-20)19-27-26-18(29(19)28-17)14-8-11-12(21(23,24)25)4-3-5-13(11)32-14/h3-5,8H,1-2,6-7,9-10H2. The van der Waals surface area contributed by atoms with E-state index in [4.69, 9.17) is 21.1 Å². The number of halogens is 4. The number of benzene rings is 1. The largest absolute Gasteiger partial charge is 0.486 e. The highest BCUT2D eigenvalue weighted by Crippen LogP contribution is 2.47. The molecule has 0 unspecified atom stereocenters. The molecule has 4 heterocycles. The Kier molecular flexibility index (Phi) is 4.36. The first-order chi connectivity index (χ1) is 15.3. The summed E-state index contributed by atoms with van der Waals surface area (Å²) in [4.78, 5) is 0.495. The Morgan fingerprint density at radius 3 is 2.56 bits per heavy atom. The van der Waals surface area contributed by atoms with E-state index < -0.39 is 11.7 Å². The Hall–Kier alpha value is -2.59. The van der Waals surface area contributed by atoms with Crippen molar-refractivity contribution in [1.82, 2.24) is 19.8 Å². The molecule has 1 aliphatic heterocycles. The van der Waals surface area contributed by atoms with Gasteiger partial charge in [-0.1, -0.05) is 30.5 Å². The van der Waals surface area contributed by atoms with Crippen LogP contribution in [0, 0.1) is 5.41 Å². The minimum atomic E-state index is -4.45. The van der Waals surface area contributed by atoms with Crippen LogP contribution in [0.2, 0.25) is 5.15 Å². The van der Waals surface area contributed by atoms with Gasteiger partial charge in [-0.3, -0.25) is 0 Å². The summed E-state index contributed by atoms with van der Waals surface area (Å²) in [6, 6.07) is 5.57. The van der Waals surface area contributed by atoms with Crippen LogP contribution in [0.15, 0.2) is 24.3 Å². The molecule has 1 aliphatic carbocycles. The van der Waals surface area contributed by atoms with E-state index in [0.717, 1.165) is 31.7 Å². The number of ether oxygens (including phenoxy) is 2. The third kappa shape index (κ3) is 3.03. The number of fused-ring (bicyclic) bond motifs is 4. The monoisotopic (exact) mass is 480 g/mol. The molecule has 32 heavy (non-hydrogen) atoms. The minimum Gasteiger partial charge on any atom is -0.486 e. The molecule has 0 bridgehead atoms. The van der Waals surface area contributed by atoms with Crippen LogP contribution in [0.4, 0.5) is 13.2 Å². The number of nitrogens with zero attached hydrogens (tertiary/aromatic N) is 4. The number of alkyl halides is 3. The summed E-state index contributed by atoms with van der Waals surface area (Å²) in [6.07, 6.45) is -0.158. The number of thiophene rings is 1. The van der Waals surface area contributed by atoms with E-state index >= 15 is 0 Å². The van der Waals surface area contributed by atoms with Gasteiger partial charge in [0.2, 0.25) is 17.1 Å². The van der Waals surface area contributed by atoms with Crippen LogP contribution < -0.4 is 9.47 Å². The predicted octanol–water partition coefficient (Wildman–Crippen LogP) is 6.01. The molecule has 6 nitrogen and oxygen atoms in total. The summed E-state index contributed by atoms with van der Waals surface area (Å²) in [6.45, 7) is 0.977. The van der Waals surface area contributed by atoms with Gasteiger partial charge in [-0.25, -0.2) is 0 Å². The molecule has 0 N–H and O–H groups in total. The zero-order valence-corrected chi connectivity index (χ0v) is 18.1. The normalized spacial score (nSPS) is 18.0. The van der Waals surface area contributed by atoms with Gasteiger partial charge in [0.25, 0.3) is 0 Å². The van der Waals surface area contributed by atoms with Gasteiger partial charge in [0.15, 0.2) is 11.0 Å². The second-order valence-corrected chi connectivity index (χ2v) is 9.76. The smallest absolute Gasteiger partial charge is 0.417 e. The average Bonchev–Trinajstić information content (AvgIpc) is 3.44. The lowest BCUT2D eigenvalue weighted by Gasteiger charge is -2.24. The van der Waals surface area contributed by atoms with Crippen LogP contribution in [-0.2, 0) is 6.18 Å². The van der Waals surface area contributed by atoms with Crippen LogP contribution in [0.5, 0.6) is 11.5 Å². The molecule has 1 aromatic carbocycles. The van der Waals surface area contributed by atoms with Crippen molar-refractivity contribution in [1.29, 1.82) is 0 Å². The summed E-state index contributed by atoms with van der Waals surface area (Å²) >= 11 is 7.62. The molecule has 166 valence electrons. The first-order valence-corrected chi connectivity index (χ1v) is 11.3. The second kappa shape index (κ2) is 6.95. The SMILES string of the molecule is FC(F)(F)c1cccc2sc(-c3nnc4c5c(c(Cl)nn34)OCC3(CCCC3)CO5)cc12. The Morgan fingerprint density at radius 2 is 1.81 bits per heavy atom. The van der Waals surface area contributed by atoms with E-state index in [1.54, 1.807) is 6.07 Å². The third-order valence-corrected chi connectivity index (χ3v) is 7.57. The van der Waals surface area contributed by atoms with Crippen LogP contribution in [0.3, 0.4) is 0 Å². The van der Waals surface area contributed by atoms with Gasteiger partial charge in [-0.15, -0.1) is 26.6 Å². The number of hydrogen-bond donors (Lipinski definition) is 0. The topological polar surface area (TPSA) is 61.5 Å². The zero-order valence-electron chi connectivity index (χ0n) is 16.6. The molecule has 4 aromatic rings. The van der Waals surface area contributed by atoms with E-state index in [1.165, 1.54) is 28.0 Å². The molecule has 11 heteroatoms. The van der Waals surface area contributed by atoms with Crippen LogP contribution in [0.1, 0.15) is 31.2 Å². The Balaban J connectivity index is 1.48. The fourth-order valence-corrected chi connectivity index (χ4v) is 5.85. The van der Waals surface area contributed by atoms with Crippen LogP contribution in [0.25, 0.3) is 26.4 Å². The molecule has 1 spiro atoms. The first kappa shape index (κ1) is 20.0. The lowest BCUT2D eigenvalue weighted by molar-refractivity contribution is -0.136. The fraction of sp³-hybridized carbons (Fsp3) is 0.381. The van der Waals surface area contributed by atoms with E-state index in [1.807, 2.05) is 0 Å². The van der Waals surface area contributed by atoms with Gasteiger partial charge < -0.3 is 9.47 Å². The zero-order chi connectivity index (χ0) is 22.1. The number of hydrogen-bond acceptors (Lipinski definition) is 6. The van der Waals surface area contributed by atoms with E-state index in [9.17, 15) is 13.2 Å². The Labute approximate surface area is 188 Å². The molecular weight excluding hydrogens is 465 g/mol. The maximum Gasteiger partial charge on any atom is 0.417 e. The lowest BCUT2D eigenvalue weighted by atomic mass is 9.88. The molecule has 0 atom stereocenters. The maximum atomic E-state index is 13.4. The van der Waals surface area contributed by atoms with Crippen molar-refractivity contribution in [3.63, 3.8) is 0 Å². The maximum absolute atomic E-state index is 13.4. The molecule has 2 aliphatic rings. The molecule has 1 fully saturated rings. The Morgan fingerprint density at radius 1 is 1.06 bits per heavy atom. The predicted molar refractivity (Wildman–Crippen MR) is 114 cm³/mol. The number of aromatic nitrogens is 4. The van der Waals surface area contributed by atoms with Crippen LogP contribution >= 0.6 is 22.9 Å². The van der Waals surface area contributed by atoms with E-state index in [2.05, 4.69) is 15.3 Å². The highest BCUT2D eigenvalue weighted by Gasteiger charge is 2.40. The van der Waals surface area contributed by atoms with E-state index in [0.29, 0.717) is 45.8 Å². The molecular formula is C21H16ClF3N4O2S. The lowest BCUT2D eigenvalue weighted by Crippen LogP contribution is -2.30. The minimum absolute atomic E-state index is 0.0539. The van der Waals surface area contributed by atoms with Gasteiger partial charge in [0.05, 0.1) is 23.7 Å². The molecule has 0 amide bonds. The van der Waals surface area contributed by atoms with Crippen molar-refractivity contribution in [3.05, 3.63) is 35.0 Å². The molecule has 6 rings (SSSR count). The van der Waals surface area contributed by atoms with Gasteiger partial charge in [0.1, 0.15) is 0 Å². The summed E-state index contributed by atoms with van der Waals surface area (Å²) in [7, 11) is 0. The highest BCUT2D eigenvalue weighted by atomic mass is 35.5. The molecule has 0 radical (unpaired) electrons. The van der Waals surface area contributed by atoms with Crippen molar-refractivity contribution in [2.24, 2.45) is 5.41 Å². The molecule has 3 aromatic heterocycles. The second-order valence-electron chi connectivity index (χ2n) is 8.32. The average molecular weight is 481 g/mol. The fourth-order valence-electron chi connectivity index (χ4n) is 4.58. The summed E-state index contributed by atoms with van der Waals surface area (Å²) in [5.74, 6) is 0.990. The summed E-state index contributed by atoms with van der Waals surface area (Å²) < 4.78 is 54.4. The van der Waals surface area contributed by atoms with Crippen molar-refractivity contribution in [2.75, 3.05) is 13.2 Å². The number of rotatable bonds is 1. The van der Waals surface area contributed by atoms with Crippen molar-refractivity contribution < 1.29 is 22.6 Å². The third-order valence-electron chi connectivity index (χ3n) is 6.22. The van der Waals surface area contributed by atoms with Crippen molar-refractivity contribution in [2.45, 2.75) is 31.9 Å².